The number of allylic oxidation sites excluding steroid dienone is 2. The Kier molecular flexibility index (Phi) is 5.19. The van der Waals surface area contributed by atoms with Crippen LogP contribution in [-0.2, 0) is 6.42 Å². The van der Waals surface area contributed by atoms with Gasteiger partial charge in [0.2, 0.25) is 0 Å². The van der Waals surface area contributed by atoms with Gasteiger partial charge in [-0.1, -0.05) is 37.3 Å². The van der Waals surface area contributed by atoms with E-state index in [0.29, 0.717) is 0 Å². The van der Waals surface area contributed by atoms with E-state index in [1.165, 1.54) is 37.2 Å². The van der Waals surface area contributed by atoms with Crippen molar-refractivity contribution in [2.24, 2.45) is 5.92 Å². The third kappa shape index (κ3) is 3.85. The summed E-state index contributed by atoms with van der Waals surface area (Å²) in [6, 6.07) is 8.89. The van der Waals surface area contributed by atoms with Crippen LogP contribution in [0.1, 0.15) is 31.7 Å². The number of aliphatic hydroxyl groups is 1. The molecule has 0 amide bonds. The number of benzene rings is 1. The first-order valence-corrected chi connectivity index (χ1v) is 8.88. The van der Waals surface area contributed by atoms with Crippen LogP contribution in [0.25, 0.3) is 0 Å². The van der Waals surface area contributed by atoms with E-state index in [-0.39, 0.29) is 5.92 Å². The van der Waals surface area contributed by atoms with Crippen molar-refractivity contribution in [1.29, 1.82) is 0 Å². The summed E-state index contributed by atoms with van der Waals surface area (Å²) >= 11 is 0. The lowest BCUT2D eigenvalue weighted by Crippen LogP contribution is -2.50. The molecule has 0 aromatic heterocycles. The monoisotopic (exact) mass is 312 g/mol. The van der Waals surface area contributed by atoms with E-state index in [1.54, 1.807) is 0 Å². The topological polar surface area (TPSA) is 35.5 Å². The van der Waals surface area contributed by atoms with Gasteiger partial charge in [0.1, 0.15) is 5.72 Å². The van der Waals surface area contributed by atoms with Crippen molar-refractivity contribution in [3.8, 4) is 0 Å². The number of anilines is 1. The standard InChI is InChI=1S/C20H28N2O/c1-2-18-7-3-4-13-20(18,23)21-14-12-17-8-10-19(11-9-17)22-15-5-6-16-22/h3-4,7-11,13,18,21,23H,2,5-6,12,14-16H2,1H3/t18-,20?/m1/s1. The van der Waals surface area contributed by atoms with Gasteiger partial charge in [0.25, 0.3) is 0 Å². The van der Waals surface area contributed by atoms with E-state index < -0.39 is 5.72 Å². The summed E-state index contributed by atoms with van der Waals surface area (Å²) in [5.74, 6) is 0.144. The highest BCUT2D eigenvalue weighted by molar-refractivity contribution is 5.48. The lowest BCUT2D eigenvalue weighted by molar-refractivity contribution is 0.0116. The van der Waals surface area contributed by atoms with Gasteiger partial charge in [-0.3, -0.25) is 5.32 Å². The molecule has 23 heavy (non-hydrogen) atoms. The average molecular weight is 312 g/mol. The lowest BCUT2D eigenvalue weighted by atomic mass is 9.89. The number of hydrogen-bond donors (Lipinski definition) is 2. The van der Waals surface area contributed by atoms with Gasteiger partial charge in [-0.2, -0.15) is 0 Å². The summed E-state index contributed by atoms with van der Waals surface area (Å²) < 4.78 is 0. The molecule has 3 heteroatoms. The zero-order valence-corrected chi connectivity index (χ0v) is 14.0. The fourth-order valence-corrected chi connectivity index (χ4v) is 3.56. The molecule has 3 rings (SSSR count). The first-order chi connectivity index (χ1) is 11.2. The van der Waals surface area contributed by atoms with E-state index in [1.807, 2.05) is 18.2 Å². The smallest absolute Gasteiger partial charge is 0.141 e. The van der Waals surface area contributed by atoms with Crippen LogP contribution in [0.2, 0.25) is 0 Å². The Hall–Kier alpha value is -1.58. The second kappa shape index (κ2) is 7.33. The highest BCUT2D eigenvalue weighted by Gasteiger charge is 2.31. The van der Waals surface area contributed by atoms with Gasteiger partial charge < -0.3 is 10.0 Å². The van der Waals surface area contributed by atoms with Gasteiger partial charge in [0, 0.05) is 31.2 Å². The van der Waals surface area contributed by atoms with E-state index in [0.717, 1.165) is 19.4 Å². The van der Waals surface area contributed by atoms with Gasteiger partial charge in [-0.25, -0.2) is 0 Å². The first kappa shape index (κ1) is 16.3. The zero-order valence-electron chi connectivity index (χ0n) is 14.0. The third-order valence-electron chi connectivity index (χ3n) is 5.04. The molecule has 1 heterocycles. The quantitative estimate of drug-likeness (QED) is 0.792. The number of hydrogen-bond acceptors (Lipinski definition) is 3. The Labute approximate surface area is 139 Å². The molecular weight excluding hydrogens is 284 g/mol. The van der Waals surface area contributed by atoms with Gasteiger partial charge in [0.15, 0.2) is 0 Å². The Morgan fingerprint density at radius 1 is 1.17 bits per heavy atom. The molecule has 0 radical (unpaired) electrons. The second-order valence-electron chi connectivity index (χ2n) is 6.62. The molecule has 1 aromatic carbocycles. The number of nitrogens with one attached hydrogen (secondary N) is 1. The summed E-state index contributed by atoms with van der Waals surface area (Å²) in [4.78, 5) is 2.45. The summed E-state index contributed by atoms with van der Waals surface area (Å²) in [6.07, 6.45) is 12.4. The van der Waals surface area contributed by atoms with Crippen LogP contribution in [0.15, 0.2) is 48.6 Å². The minimum atomic E-state index is -0.904. The van der Waals surface area contributed by atoms with Crippen molar-refractivity contribution in [3.63, 3.8) is 0 Å². The molecule has 1 fully saturated rings. The van der Waals surface area contributed by atoms with E-state index in [2.05, 4.69) is 47.5 Å². The maximum absolute atomic E-state index is 10.7. The van der Waals surface area contributed by atoms with E-state index >= 15 is 0 Å². The predicted octanol–water partition coefficient (Wildman–Crippen LogP) is 3.26. The first-order valence-electron chi connectivity index (χ1n) is 8.88. The van der Waals surface area contributed by atoms with Crippen LogP contribution in [0, 0.1) is 5.92 Å². The molecule has 0 saturated carbocycles. The predicted molar refractivity (Wildman–Crippen MR) is 96.6 cm³/mol. The van der Waals surface area contributed by atoms with Crippen LogP contribution in [0.4, 0.5) is 5.69 Å². The molecule has 2 N–H and O–H groups in total. The minimum Gasteiger partial charge on any atom is -0.372 e. The highest BCUT2D eigenvalue weighted by Crippen LogP contribution is 2.25. The number of nitrogens with zero attached hydrogens (tertiary/aromatic N) is 1. The molecule has 0 bridgehead atoms. The molecule has 2 aliphatic rings. The third-order valence-corrected chi connectivity index (χ3v) is 5.04. The van der Waals surface area contributed by atoms with Gasteiger partial charge in [-0.15, -0.1) is 0 Å². The fraction of sp³-hybridized carbons (Fsp3) is 0.500. The van der Waals surface area contributed by atoms with Crippen molar-refractivity contribution in [3.05, 3.63) is 54.1 Å². The molecular formula is C20H28N2O. The second-order valence-corrected chi connectivity index (χ2v) is 6.62. The fourth-order valence-electron chi connectivity index (χ4n) is 3.56. The summed E-state index contributed by atoms with van der Waals surface area (Å²) in [5.41, 5.74) is 1.75. The van der Waals surface area contributed by atoms with Crippen molar-refractivity contribution in [1.82, 2.24) is 5.32 Å². The van der Waals surface area contributed by atoms with Crippen LogP contribution < -0.4 is 10.2 Å². The SMILES string of the molecule is CC[C@@H]1C=CC=CC1(O)NCCc1ccc(N2CCCC2)cc1. The molecule has 3 nitrogen and oxygen atoms in total. The molecule has 1 unspecified atom stereocenters. The highest BCUT2D eigenvalue weighted by atomic mass is 16.3. The molecule has 1 aliphatic carbocycles. The van der Waals surface area contributed by atoms with Crippen molar-refractivity contribution in [2.45, 2.75) is 38.3 Å². The van der Waals surface area contributed by atoms with E-state index in [4.69, 9.17) is 0 Å². The molecule has 1 aromatic rings. The molecule has 1 aliphatic heterocycles. The molecule has 2 atom stereocenters. The largest absolute Gasteiger partial charge is 0.372 e. The Morgan fingerprint density at radius 3 is 2.61 bits per heavy atom. The zero-order chi connectivity index (χ0) is 16.1. The summed E-state index contributed by atoms with van der Waals surface area (Å²) in [7, 11) is 0. The van der Waals surface area contributed by atoms with Crippen molar-refractivity contribution in [2.75, 3.05) is 24.5 Å². The molecule has 0 spiro atoms. The Balaban J connectivity index is 1.52. The Bertz CT molecular complexity index is 558. The minimum absolute atomic E-state index is 0.144. The number of rotatable bonds is 6. The van der Waals surface area contributed by atoms with Crippen LogP contribution in [0.3, 0.4) is 0 Å². The van der Waals surface area contributed by atoms with Gasteiger partial charge >= 0.3 is 0 Å². The van der Waals surface area contributed by atoms with Gasteiger partial charge in [-0.05, 0) is 49.5 Å². The maximum atomic E-state index is 10.7. The summed E-state index contributed by atoms with van der Waals surface area (Å²) in [6.45, 7) is 5.25. The molecule has 1 saturated heterocycles. The Morgan fingerprint density at radius 2 is 1.91 bits per heavy atom. The summed E-state index contributed by atoms with van der Waals surface area (Å²) in [5, 5.41) is 14.1. The van der Waals surface area contributed by atoms with E-state index in [9.17, 15) is 5.11 Å². The lowest BCUT2D eigenvalue weighted by Gasteiger charge is -2.34. The normalized spacial score (nSPS) is 26.9. The average Bonchev–Trinajstić information content (AvgIpc) is 3.10. The van der Waals surface area contributed by atoms with Crippen LogP contribution in [0.5, 0.6) is 0 Å². The van der Waals surface area contributed by atoms with Crippen molar-refractivity contribution < 1.29 is 5.11 Å². The molecule has 124 valence electrons. The van der Waals surface area contributed by atoms with Crippen LogP contribution >= 0.6 is 0 Å². The van der Waals surface area contributed by atoms with Gasteiger partial charge in [0.05, 0.1) is 0 Å². The maximum Gasteiger partial charge on any atom is 0.141 e. The van der Waals surface area contributed by atoms with Crippen LogP contribution in [-0.4, -0.2) is 30.5 Å². The van der Waals surface area contributed by atoms with Crippen molar-refractivity contribution >= 4 is 5.69 Å².